The van der Waals surface area contributed by atoms with Crippen molar-refractivity contribution in [1.82, 2.24) is 5.43 Å². The first kappa shape index (κ1) is 16.6. The molecule has 4 rings (SSSR count). The van der Waals surface area contributed by atoms with E-state index in [2.05, 4.69) is 10.5 Å². The molecule has 1 amide bonds. The number of halogens is 3. The highest BCUT2D eigenvalue weighted by Gasteiger charge is 2.66. The van der Waals surface area contributed by atoms with Crippen LogP contribution in [-0.4, -0.2) is 23.3 Å². The first-order valence-corrected chi connectivity index (χ1v) is 8.19. The molecule has 0 aromatic heterocycles. The Morgan fingerprint density at radius 1 is 1.12 bits per heavy atom. The molecule has 1 N–H and O–H groups in total. The van der Waals surface area contributed by atoms with Crippen LogP contribution in [0, 0.1) is 6.92 Å². The van der Waals surface area contributed by atoms with Crippen LogP contribution in [0.2, 0.25) is 0 Å². The summed E-state index contributed by atoms with van der Waals surface area (Å²) in [5, 5.41) is 3.45. The Morgan fingerprint density at radius 3 is 2.35 bits per heavy atom. The zero-order valence-electron chi connectivity index (χ0n) is 13.9. The number of hydrazone groups is 1. The van der Waals surface area contributed by atoms with Gasteiger partial charge in [0.1, 0.15) is 5.71 Å². The summed E-state index contributed by atoms with van der Waals surface area (Å²) in [5.41, 5.74) is 2.63. The van der Waals surface area contributed by atoms with Crippen molar-refractivity contribution in [3.63, 3.8) is 0 Å². The fourth-order valence-electron chi connectivity index (χ4n) is 3.60. The number of alkyl halides is 3. The van der Waals surface area contributed by atoms with Gasteiger partial charge in [-0.05, 0) is 24.6 Å². The number of benzene rings is 2. The maximum absolute atomic E-state index is 13.1. The number of nitrogens with one attached hydrogen (secondary N) is 1. The van der Waals surface area contributed by atoms with Crippen LogP contribution < -0.4 is 10.3 Å². The van der Waals surface area contributed by atoms with Crippen molar-refractivity contribution in [2.24, 2.45) is 5.10 Å². The molecule has 4 nitrogen and oxygen atoms in total. The van der Waals surface area contributed by atoms with Crippen molar-refractivity contribution in [3.8, 4) is 0 Å². The molecule has 26 heavy (non-hydrogen) atoms. The Bertz CT molecular complexity index is 877. The summed E-state index contributed by atoms with van der Waals surface area (Å²) in [7, 11) is 0. The molecule has 0 bridgehead atoms. The molecule has 0 aliphatic carbocycles. The first-order valence-electron chi connectivity index (χ1n) is 8.19. The topological polar surface area (TPSA) is 44.7 Å². The van der Waals surface area contributed by atoms with Crippen LogP contribution in [0.25, 0.3) is 0 Å². The van der Waals surface area contributed by atoms with Gasteiger partial charge in [0.25, 0.3) is 5.91 Å². The monoisotopic (exact) mass is 359 g/mol. The van der Waals surface area contributed by atoms with Gasteiger partial charge in [0.05, 0.1) is 6.04 Å². The number of nitrogens with zero attached hydrogens (tertiary/aromatic N) is 2. The number of carbonyl (C=O) groups is 1. The standard InChI is InChI=1S/C19H16F3N3O/c1-12-7-9-13(10-8-12)16-18(11-15(23-24-18)19(20,21)22)17(26)25(16)14-5-3-2-4-6-14/h2-10,16,24H,11H2,1H3. The SMILES string of the molecule is Cc1ccc(C2N(c3ccccc3)C(=O)C23CC(C(F)(F)F)=NN3)cc1. The highest BCUT2D eigenvalue weighted by Crippen LogP contribution is 2.50. The van der Waals surface area contributed by atoms with Crippen LogP contribution in [0.15, 0.2) is 59.7 Å². The molecule has 2 unspecified atom stereocenters. The van der Waals surface area contributed by atoms with Gasteiger partial charge in [0.15, 0.2) is 5.54 Å². The summed E-state index contributed by atoms with van der Waals surface area (Å²) >= 11 is 0. The van der Waals surface area contributed by atoms with E-state index in [9.17, 15) is 18.0 Å². The van der Waals surface area contributed by atoms with E-state index in [4.69, 9.17) is 0 Å². The van der Waals surface area contributed by atoms with Crippen LogP contribution in [-0.2, 0) is 4.79 Å². The van der Waals surface area contributed by atoms with E-state index in [0.29, 0.717) is 5.69 Å². The van der Waals surface area contributed by atoms with E-state index in [1.54, 1.807) is 24.3 Å². The van der Waals surface area contributed by atoms with Gasteiger partial charge >= 0.3 is 6.18 Å². The molecular formula is C19H16F3N3O. The highest BCUT2D eigenvalue weighted by atomic mass is 19.4. The number of β-lactam (4-membered cyclic amide) rings is 1. The van der Waals surface area contributed by atoms with E-state index < -0.39 is 35.8 Å². The van der Waals surface area contributed by atoms with Gasteiger partial charge in [-0.25, -0.2) is 0 Å². The van der Waals surface area contributed by atoms with E-state index in [0.717, 1.165) is 11.1 Å². The average Bonchev–Trinajstić information content (AvgIpc) is 3.09. The second-order valence-corrected chi connectivity index (χ2v) is 6.64. The van der Waals surface area contributed by atoms with Gasteiger partial charge in [0, 0.05) is 12.1 Å². The number of anilines is 1. The van der Waals surface area contributed by atoms with Crippen molar-refractivity contribution >= 4 is 17.3 Å². The van der Waals surface area contributed by atoms with E-state index in [1.807, 2.05) is 37.3 Å². The van der Waals surface area contributed by atoms with Crippen LogP contribution in [0.5, 0.6) is 0 Å². The predicted octanol–water partition coefficient (Wildman–Crippen LogP) is 3.73. The maximum Gasteiger partial charge on any atom is 0.431 e. The Labute approximate surface area is 148 Å². The summed E-state index contributed by atoms with van der Waals surface area (Å²) in [6, 6.07) is 15.8. The zero-order valence-corrected chi connectivity index (χ0v) is 13.9. The fourth-order valence-corrected chi connectivity index (χ4v) is 3.60. The molecule has 2 atom stereocenters. The van der Waals surface area contributed by atoms with Crippen molar-refractivity contribution in [1.29, 1.82) is 0 Å². The molecule has 2 aliphatic rings. The lowest BCUT2D eigenvalue weighted by atomic mass is 9.72. The molecule has 134 valence electrons. The largest absolute Gasteiger partial charge is 0.431 e. The lowest BCUT2D eigenvalue weighted by Gasteiger charge is -2.54. The number of hydrogen-bond acceptors (Lipinski definition) is 3. The van der Waals surface area contributed by atoms with E-state index in [-0.39, 0.29) is 0 Å². The summed E-state index contributed by atoms with van der Waals surface area (Å²) in [6.07, 6.45) is -5.03. The fraction of sp³-hybridized carbons (Fsp3) is 0.263. The average molecular weight is 359 g/mol. The van der Waals surface area contributed by atoms with Gasteiger partial charge < -0.3 is 0 Å². The lowest BCUT2D eigenvalue weighted by Crippen LogP contribution is -2.73. The predicted molar refractivity (Wildman–Crippen MR) is 91.8 cm³/mol. The molecular weight excluding hydrogens is 343 g/mol. The Balaban J connectivity index is 1.75. The minimum Gasteiger partial charge on any atom is -0.300 e. The molecule has 2 heterocycles. The molecule has 2 aromatic carbocycles. The van der Waals surface area contributed by atoms with Gasteiger partial charge in [-0.3, -0.25) is 15.1 Å². The van der Waals surface area contributed by atoms with Crippen LogP contribution in [0.1, 0.15) is 23.6 Å². The molecule has 2 aliphatic heterocycles. The van der Waals surface area contributed by atoms with Crippen LogP contribution in [0.3, 0.4) is 0 Å². The number of aryl methyl sites for hydroxylation is 1. The van der Waals surface area contributed by atoms with Crippen molar-refractivity contribution in [3.05, 3.63) is 65.7 Å². The number of hydrogen-bond donors (Lipinski definition) is 1. The van der Waals surface area contributed by atoms with Crippen molar-refractivity contribution in [2.45, 2.75) is 31.1 Å². The van der Waals surface area contributed by atoms with Gasteiger partial charge in [-0.1, -0.05) is 48.0 Å². The summed E-state index contributed by atoms with van der Waals surface area (Å²) in [5.74, 6) is -0.405. The Morgan fingerprint density at radius 2 is 1.77 bits per heavy atom. The second-order valence-electron chi connectivity index (χ2n) is 6.64. The Hall–Kier alpha value is -2.83. The maximum atomic E-state index is 13.1. The van der Waals surface area contributed by atoms with Crippen LogP contribution in [0.4, 0.5) is 18.9 Å². The van der Waals surface area contributed by atoms with E-state index >= 15 is 0 Å². The lowest BCUT2D eigenvalue weighted by molar-refractivity contribution is -0.134. The van der Waals surface area contributed by atoms with Gasteiger partial charge in [-0.15, -0.1) is 0 Å². The minimum atomic E-state index is -4.55. The zero-order chi connectivity index (χ0) is 18.5. The number of carbonyl (C=O) groups excluding carboxylic acids is 1. The Kier molecular flexibility index (Phi) is 3.57. The summed E-state index contributed by atoms with van der Waals surface area (Å²) in [6.45, 7) is 1.93. The molecule has 1 spiro atoms. The quantitative estimate of drug-likeness (QED) is 0.831. The van der Waals surface area contributed by atoms with Crippen molar-refractivity contribution < 1.29 is 18.0 Å². The smallest absolute Gasteiger partial charge is 0.300 e. The minimum absolute atomic E-state index is 0.405. The molecule has 1 saturated heterocycles. The third kappa shape index (κ3) is 2.38. The second kappa shape index (κ2) is 5.59. The van der Waals surface area contributed by atoms with Crippen molar-refractivity contribution in [2.75, 3.05) is 4.90 Å². The number of rotatable bonds is 2. The first-order chi connectivity index (χ1) is 12.3. The normalized spacial score (nSPS) is 25.1. The molecule has 0 saturated carbocycles. The molecule has 0 radical (unpaired) electrons. The van der Waals surface area contributed by atoms with E-state index in [1.165, 1.54) is 4.90 Å². The summed E-state index contributed by atoms with van der Waals surface area (Å²) in [4.78, 5) is 14.5. The third-order valence-electron chi connectivity index (χ3n) is 4.92. The molecule has 2 aromatic rings. The van der Waals surface area contributed by atoms with Crippen LogP contribution >= 0.6 is 0 Å². The molecule has 7 heteroatoms. The highest BCUT2D eigenvalue weighted by molar-refractivity contribution is 6.13. The van der Waals surface area contributed by atoms with Gasteiger partial charge in [0.2, 0.25) is 0 Å². The third-order valence-corrected chi connectivity index (χ3v) is 4.92. The molecule has 1 fully saturated rings. The van der Waals surface area contributed by atoms with Gasteiger partial charge in [-0.2, -0.15) is 18.3 Å². The summed E-state index contributed by atoms with van der Waals surface area (Å²) < 4.78 is 39.3. The number of para-hydroxylation sites is 1. The number of amides is 1.